The summed E-state index contributed by atoms with van der Waals surface area (Å²) in [4.78, 5) is 12.6. The van der Waals surface area contributed by atoms with Crippen molar-refractivity contribution in [3.63, 3.8) is 0 Å². The van der Waals surface area contributed by atoms with E-state index >= 15 is 0 Å². The van der Waals surface area contributed by atoms with Crippen LogP contribution in [0.25, 0.3) is 0 Å². The highest BCUT2D eigenvalue weighted by Crippen LogP contribution is 2.34. The maximum atomic E-state index is 12.6. The first-order valence-electron chi connectivity index (χ1n) is 6.78. The van der Waals surface area contributed by atoms with Gasteiger partial charge in [0.1, 0.15) is 5.69 Å². The Kier molecular flexibility index (Phi) is 3.61. The number of nitrogens with one attached hydrogen (secondary N) is 1. The number of fused-ring (bicyclic) bond motifs is 1. The third kappa shape index (κ3) is 2.26. The molecule has 1 atom stereocenters. The van der Waals surface area contributed by atoms with Gasteiger partial charge >= 0.3 is 0 Å². The van der Waals surface area contributed by atoms with Crippen molar-refractivity contribution in [1.82, 2.24) is 9.78 Å². The van der Waals surface area contributed by atoms with Gasteiger partial charge in [0.2, 0.25) is 0 Å². The second kappa shape index (κ2) is 5.40. The van der Waals surface area contributed by atoms with Crippen molar-refractivity contribution in [3.8, 4) is 0 Å². The zero-order valence-corrected chi connectivity index (χ0v) is 12.9. The monoisotopic (exact) mass is 333 g/mol. The minimum atomic E-state index is 0.139. The summed E-state index contributed by atoms with van der Waals surface area (Å²) in [5.41, 5.74) is 3.06. The topological polar surface area (TPSA) is 46.9 Å². The second-order valence-corrected chi connectivity index (χ2v) is 5.80. The Balaban J connectivity index is 1.82. The largest absolute Gasteiger partial charge is 0.384 e. The first kappa shape index (κ1) is 13.4. The summed E-state index contributed by atoms with van der Waals surface area (Å²) >= 11 is 3.42. The first-order chi connectivity index (χ1) is 9.70. The molecule has 5 heteroatoms. The average Bonchev–Trinajstić information content (AvgIpc) is 3.03. The zero-order chi connectivity index (χ0) is 14.1. The second-order valence-electron chi connectivity index (χ2n) is 4.95. The summed E-state index contributed by atoms with van der Waals surface area (Å²) in [5, 5.41) is 7.57. The van der Waals surface area contributed by atoms with E-state index in [9.17, 15) is 4.79 Å². The highest BCUT2D eigenvalue weighted by molar-refractivity contribution is 9.10. The smallest absolute Gasteiger partial charge is 0.182 e. The fourth-order valence-electron chi connectivity index (χ4n) is 2.74. The number of halogens is 1. The molecule has 1 aliphatic heterocycles. The molecule has 0 amide bonds. The van der Waals surface area contributed by atoms with E-state index < -0.39 is 0 Å². The lowest BCUT2D eigenvalue weighted by Crippen LogP contribution is -2.14. The Morgan fingerprint density at radius 3 is 3.10 bits per heavy atom. The summed E-state index contributed by atoms with van der Waals surface area (Å²) in [6.07, 6.45) is 2.20. The van der Waals surface area contributed by atoms with Crippen LogP contribution in [0.2, 0.25) is 0 Å². The van der Waals surface area contributed by atoms with E-state index in [0.29, 0.717) is 18.7 Å². The van der Waals surface area contributed by atoms with Gasteiger partial charge in [-0.05, 0) is 34.5 Å². The number of aryl methyl sites for hydroxylation is 1. The third-order valence-corrected chi connectivity index (χ3v) is 4.31. The molecular weight excluding hydrogens is 318 g/mol. The molecule has 0 spiro atoms. The van der Waals surface area contributed by atoms with Crippen LogP contribution in [0.1, 0.15) is 35.3 Å². The van der Waals surface area contributed by atoms with Crippen molar-refractivity contribution in [2.75, 3.05) is 11.9 Å². The molecule has 0 aliphatic carbocycles. The highest BCUT2D eigenvalue weighted by Gasteiger charge is 2.26. The van der Waals surface area contributed by atoms with Gasteiger partial charge in [-0.25, -0.2) is 0 Å². The summed E-state index contributed by atoms with van der Waals surface area (Å²) < 4.78 is 2.53. The molecule has 2 aromatic rings. The van der Waals surface area contributed by atoms with Crippen LogP contribution >= 0.6 is 15.9 Å². The molecule has 1 aromatic carbocycles. The molecule has 0 saturated heterocycles. The summed E-state index contributed by atoms with van der Waals surface area (Å²) in [6, 6.07) is 8.19. The minimum Gasteiger partial charge on any atom is -0.384 e. The van der Waals surface area contributed by atoms with Gasteiger partial charge in [0.05, 0.1) is 10.7 Å². The molecule has 2 heterocycles. The number of benzene rings is 1. The Morgan fingerprint density at radius 1 is 1.50 bits per heavy atom. The lowest BCUT2D eigenvalue weighted by Gasteiger charge is -2.10. The van der Waals surface area contributed by atoms with E-state index in [4.69, 9.17) is 0 Å². The van der Waals surface area contributed by atoms with Crippen molar-refractivity contribution in [3.05, 3.63) is 46.2 Å². The van der Waals surface area contributed by atoms with E-state index in [-0.39, 0.29) is 11.7 Å². The molecule has 4 nitrogen and oxygen atoms in total. The number of anilines is 1. The van der Waals surface area contributed by atoms with Crippen LogP contribution in [0.15, 0.2) is 34.9 Å². The van der Waals surface area contributed by atoms with Gasteiger partial charge in [-0.1, -0.05) is 18.2 Å². The maximum Gasteiger partial charge on any atom is 0.182 e. The molecule has 0 bridgehead atoms. The van der Waals surface area contributed by atoms with Crippen LogP contribution in [-0.4, -0.2) is 22.1 Å². The molecule has 20 heavy (non-hydrogen) atoms. The number of para-hydroxylation sites is 1. The third-order valence-electron chi connectivity index (χ3n) is 3.73. The van der Waals surface area contributed by atoms with Gasteiger partial charge in [-0.15, -0.1) is 0 Å². The summed E-state index contributed by atoms with van der Waals surface area (Å²) in [5.74, 6) is 0.380. The lowest BCUT2D eigenvalue weighted by molar-refractivity contribution is 0.0964. The number of carbonyl (C=O) groups excluding carboxylic acids is 1. The van der Waals surface area contributed by atoms with Crippen molar-refractivity contribution >= 4 is 27.4 Å². The van der Waals surface area contributed by atoms with Gasteiger partial charge in [0.15, 0.2) is 5.78 Å². The number of ketones is 1. The number of rotatable bonds is 4. The molecular formula is C15H16BrN3O. The Labute approximate surface area is 126 Å². The van der Waals surface area contributed by atoms with Crippen molar-refractivity contribution in [2.45, 2.75) is 25.8 Å². The molecule has 3 rings (SSSR count). The van der Waals surface area contributed by atoms with Crippen molar-refractivity contribution < 1.29 is 4.79 Å². The lowest BCUT2D eigenvalue weighted by atomic mass is 9.95. The van der Waals surface area contributed by atoms with Crippen molar-refractivity contribution in [1.29, 1.82) is 0 Å². The molecule has 1 N–H and O–H groups in total. The van der Waals surface area contributed by atoms with E-state index in [2.05, 4.69) is 38.5 Å². The van der Waals surface area contributed by atoms with E-state index in [0.717, 1.165) is 16.7 Å². The van der Waals surface area contributed by atoms with Gasteiger partial charge in [0.25, 0.3) is 0 Å². The SMILES string of the molecule is CCn1ncc(Br)c1C(=O)CC1CNc2ccccc21. The Morgan fingerprint density at radius 2 is 2.30 bits per heavy atom. The van der Waals surface area contributed by atoms with E-state index in [1.165, 1.54) is 5.56 Å². The Hall–Kier alpha value is -1.62. The van der Waals surface area contributed by atoms with Crippen LogP contribution in [0.5, 0.6) is 0 Å². The van der Waals surface area contributed by atoms with Gasteiger partial charge in [-0.2, -0.15) is 5.10 Å². The average molecular weight is 334 g/mol. The highest BCUT2D eigenvalue weighted by atomic mass is 79.9. The molecule has 1 unspecified atom stereocenters. The number of hydrogen-bond acceptors (Lipinski definition) is 3. The Bertz CT molecular complexity index is 650. The fourth-order valence-corrected chi connectivity index (χ4v) is 3.26. The maximum absolute atomic E-state index is 12.6. The van der Waals surface area contributed by atoms with Crippen LogP contribution in [0.3, 0.4) is 0 Å². The minimum absolute atomic E-state index is 0.139. The first-order valence-corrected chi connectivity index (χ1v) is 7.57. The molecule has 104 valence electrons. The molecule has 0 radical (unpaired) electrons. The van der Waals surface area contributed by atoms with Gasteiger partial charge in [-0.3, -0.25) is 9.48 Å². The fraction of sp³-hybridized carbons (Fsp3) is 0.333. The normalized spacial score (nSPS) is 16.8. The summed E-state index contributed by atoms with van der Waals surface area (Å²) in [7, 11) is 0. The standard InChI is InChI=1S/C15H16BrN3O/c1-2-19-15(12(16)9-18-19)14(20)7-10-8-17-13-6-4-3-5-11(10)13/h3-6,9-10,17H,2,7-8H2,1H3. The zero-order valence-electron chi connectivity index (χ0n) is 11.3. The van der Waals surface area contributed by atoms with Crippen LogP contribution in [0.4, 0.5) is 5.69 Å². The van der Waals surface area contributed by atoms with Crippen LogP contribution in [-0.2, 0) is 6.54 Å². The van der Waals surface area contributed by atoms with Gasteiger partial charge < -0.3 is 5.32 Å². The number of nitrogens with zero attached hydrogens (tertiary/aromatic N) is 2. The van der Waals surface area contributed by atoms with Crippen LogP contribution in [0, 0.1) is 0 Å². The molecule has 1 aromatic heterocycles. The number of hydrogen-bond donors (Lipinski definition) is 1. The molecule has 0 fully saturated rings. The predicted octanol–water partition coefficient (Wildman–Crippen LogP) is 3.45. The summed E-state index contributed by atoms with van der Waals surface area (Å²) in [6.45, 7) is 3.51. The van der Waals surface area contributed by atoms with E-state index in [1.54, 1.807) is 10.9 Å². The molecule has 0 saturated carbocycles. The quantitative estimate of drug-likeness (QED) is 0.871. The van der Waals surface area contributed by atoms with Crippen molar-refractivity contribution in [2.24, 2.45) is 0 Å². The number of aromatic nitrogens is 2. The molecule has 1 aliphatic rings. The number of Topliss-reactive ketones (excluding diaryl/α,β-unsaturated/α-hetero) is 1. The van der Waals surface area contributed by atoms with Gasteiger partial charge in [0, 0.05) is 31.1 Å². The van der Waals surface area contributed by atoms with Crippen LogP contribution < -0.4 is 5.32 Å². The predicted molar refractivity (Wildman–Crippen MR) is 82.2 cm³/mol. The van der Waals surface area contributed by atoms with E-state index in [1.807, 2.05) is 19.1 Å². The number of carbonyl (C=O) groups is 1.